The number of piperazine rings is 1. The Kier molecular flexibility index (Phi) is 5.03. The van der Waals surface area contributed by atoms with Crippen molar-refractivity contribution in [1.29, 1.82) is 0 Å². The third-order valence-corrected chi connectivity index (χ3v) is 3.87. The van der Waals surface area contributed by atoms with E-state index in [0.717, 1.165) is 45.0 Å². The molecule has 6 heteroatoms. The number of nitrogens with zero attached hydrogens (tertiary/aromatic N) is 3. The predicted molar refractivity (Wildman–Crippen MR) is 85.0 cm³/mol. The van der Waals surface area contributed by atoms with Crippen molar-refractivity contribution in [2.75, 3.05) is 64.0 Å². The molecule has 1 aliphatic rings. The smallest absolute Gasteiger partial charge is 0.337 e. The lowest BCUT2D eigenvalue weighted by Gasteiger charge is -2.36. The molecule has 2 rings (SSSR count). The molecule has 0 spiro atoms. The van der Waals surface area contributed by atoms with Crippen LogP contribution < -0.4 is 10.6 Å². The van der Waals surface area contributed by atoms with E-state index < -0.39 is 5.97 Å². The van der Waals surface area contributed by atoms with Crippen molar-refractivity contribution in [2.45, 2.75) is 0 Å². The SMILES string of the molecule is CN(C)CCN1CCN(c2ccc(C(=O)O)c(N)c2)CC1. The minimum Gasteiger partial charge on any atom is -0.478 e. The van der Waals surface area contributed by atoms with E-state index >= 15 is 0 Å². The normalized spacial score (nSPS) is 16.4. The highest BCUT2D eigenvalue weighted by molar-refractivity contribution is 5.94. The number of carbonyl (C=O) groups is 1. The van der Waals surface area contributed by atoms with Crippen LogP contribution in [0.3, 0.4) is 0 Å². The average Bonchev–Trinajstić information content (AvgIpc) is 2.45. The van der Waals surface area contributed by atoms with Gasteiger partial charge in [0.15, 0.2) is 0 Å². The fourth-order valence-corrected chi connectivity index (χ4v) is 2.51. The highest BCUT2D eigenvalue weighted by Gasteiger charge is 2.18. The number of anilines is 2. The van der Waals surface area contributed by atoms with Crippen molar-refractivity contribution in [2.24, 2.45) is 0 Å². The quantitative estimate of drug-likeness (QED) is 0.776. The Morgan fingerprint density at radius 3 is 2.48 bits per heavy atom. The maximum Gasteiger partial charge on any atom is 0.337 e. The topological polar surface area (TPSA) is 73.0 Å². The molecule has 0 amide bonds. The summed E-state index contributed by atoms with van der Waals surface area (Å²) in [6.07, 6.45) is 0. The van der Waals surface area contributed by atoms with Crippen LogP contribution in [0.5, 0.6) is 0 Å². The van der Waals surface area contributed by atoms with Gasteiger partial charge in [0.2, 0.25) is 0 Å². The molecule has 0 atom stereocenters. The number of hydrogen-bond acceptors (Lipinski definition) is 5. The van der Waals surface area contributed by atoms with Gasteiger partial charge in [-0.25, -0.2) is 4.79 Å². The highest BCUT2D eigenvalue weighted by Crippen LogP contribution is 2.22. The minimum absolute atomic E-state index is 0.170. The summed E-state index contributed by atoms with van der Waals surface area (Å²) >= 11 is 0. The number of hydrogen-bond donors (Lipinski definition) is 2. The second-order valence-electron chi connectivity index (χ2n) is 5.71. The molecule has 6 nitrogen and oxygen atoms in total. The monoisotopic (exact) mass is 292 g/mol. The molecule has 116 valence electrons. The van der Waals surface area contributed by atoms with Crippen molar-refractivity contribution in [3.63, 3.8) is 0 Å². The molecule has 0 aliphatic carbocycles. The van der Waals surface area contributed by atoms with E-state index in [2.05, 4.69) is 28.8 Å². The number of likely N-dealkylation sites (N-methyl/N-ethyl adjacent to an activating group) is 1. The van der Waals surface area contributed by atoms with Gasteiger partial charge in [0, 0.05) is 50.6 Å². The van der Waals surface area contributed by atoms with Gasteiger partial charge in [-0.3, -0.25) is 4.90 Å². The molecule has 0 unspecified atom stereocenters. The van der Waals surface area contributed by atoms with Crippen LogP contribution in [-0.4, -0.2) is 74.2 Å². The third-order valence-electron chi connectivity index (χ3n) is 3.87. The van der Waals surface area contributed by atoms with E-state index in [1.165, 1.54) is 0 Å². The molecule has 21 heavy (non-hydrogen) atoms. The Hall–Kier alpha value is -1.79. The molecule has 1 aliphatic heterocycles. The number of aromatic carboxylic acids is 1. The maximum absolute atomic E-state index is 11.0. The second kappa shape index (κ2) is 6.78. The van der Waals surface area contributed by atoms with E-state index in [1.54, 1.807) is 12.1 Å². The number of carboxylic acid groups (broad SMARTS) is 1. The number of rotatable bonds is 5. The lowest BCUT2D eigenvalue weighted by Crippen LogP contribution is -2.48. The molecule has 1 heterocycles. The van der Waals surface area contributed by atoms with Crippen LogP contribution >= 0.6 is 0 Å². The summed E-state index contributed by atoms with van der Waals surface area (Å²) in [5, 5.41) is 9.00. The molecule has 1 saturated heterocycles. The zero-order chi connectivity index (χ0) is 15.4. The largest absolute Gasteiger partial charge is 0.478 e. The van der Waals surface area contributed by atoms with Gasteiger partial charge in [0.1, 0.15) is 0 Å². The molecule has 0 aromatic heterocycles. The maximum atomic E-state index is 11.0. The summed E-state index contributed by atoms with van der Waals surface area (Å²) in [6, 6.07) is 5.19. The summed E-state index contributed by atoms with van der Waals surface area (Å²) in [5.41, 5.74) is 7.32. The molecule has 0 bridgehead atoms. The average molecular weight is 292 g/mol. The molecule has 1 aromatic rings. The van der Waals surface area contributed by atoms with Crippen LogP contribution in [0, 0.1) is 0 Å². The van der Waals surface area contributed by atoms with Gasteiger partial charge in [0.05, 0.1) is 5.56 Å². The molecule has 0 saturated carbocycles. The molecule has 3 N–H and O–H groups in total. The summed E-state index contributed by atoms with van der Waals surface area (Å²) < 4.78 is 0. The highest BCUT2D eigenvalue weighted by atomic mass is 16.4. The van der Waals surface area contributed by atoms with Crippen LogP contribution in [0.25, 0.3) is 0 Å². The van der Waals surface area contributed by atoms with Crippen molar-refractivity contribution < 1.29 is 9.90 Å². The van der Waals surface area contributed by atoms with Crippen molar-refractivity contribution in [3.05, 3.63) is 23.8 Å². The van der Waals surface area contributed by atoms with Gasteiger partial charge in [-0.15, -0.1) is 0 Å². The van der Waals surface area contributed by atoms with Crippen molar-refractivity contribution in [1.82, 2.24) is 9.80 Å². The van der Waals surface area contributed by atoms with Gasteiger partial charge in [-0.1, -0.05) is 0 Å². The lowest BCUT2D eigenvalue weighted by atomic mass is 10.1. The first-order chi connectivity index (χ1) is 9.97. The first kappa shape index (κ1) is 15.6. The third kappa shape index (κ3) is 4.09. The van der Waals surface area contributed by atoms with Crippen LogP contribution in [-0.2, 0) is 0 Å². The van der Waals surface area contributed by atoms with Crippen LogP contribution in [0.1, 0.15) is 10.4 Å². The van der Waals surface area contributed by atoms with Gasteiger partial charge in [-0.05, 0) is 32.3 Å². The van der Waals surface area contributed by atoms with Crippen LogP contribution in [0.15, 0.2) is 18.2 Å². The summed E-state index contributed by atoms with van der Waals surface area (Å²) in [7, 11) is 4.17. The Bertz CT molecular complexity index is 496. The molecule has 0 radical (unpaired) electrons. The lowest BCUT2D eigenvalue weighted by molar-refractivity contribution is 0.0698. The Labute approximate surface area is 125 Å². The van der Waals surface area contributed by atoms with Gasteiger partial charge < -0.3 is 20.6 Å². The van der Waals surface area contributed by atoms with Crippen LogP contribution in [0.2, 0.25) is 0 Å². The number of carboxylic acids is 1. The van der Waals surface area contributed by atoms with E-state index in [1.807, 2.05) is 6.07 Å². The molecular weight excluding hydrogens is 268 g/mol. The van der Waals surface area contributed by atoms with E-state index in [-0.39, 0.29) is 5.56 Å². The van der Waals surface area contributed by atoms with E-state index in [9.17, 15) is 4.79 Å². The first-order valence-electron chi connectivity index (χ1n) is 7.22. The molecule has 1 fully saturated rings. The predicted octanol–water partition coefficient (Wildman–Crippen LogP) is 0.651. The fraction of sp³-hybridized carbons (Fsp3) is 0.533. The summed E-state index contributed by atoms with van der Waals surface area (Å²) in [6.45, 7) is 6.09. The Morgan fingerprint density at radius 1 is 1.29 bits per heavy atom. The Balaban J connectivity index is 1.93. The van der Waals surface area contributed by atoms with Crippen molar-refractivity contribution >= 4 is 17.3 Å². The van der Waals surface area contributed by atoms with Gasteiger partial charge >= 0.3 is 5.97 Å². The minimum atomic E-state index is -0.979. The second-order valence-corrected chi connectivity index (χ2v) is 5.71. The zero-order valence-corrected chi connectivity index (χ0v) is 12.7. The summed E-state index contributed by atoms with van der Waals surface area (Å²) in [4.78, 5) is 17.9. The number of nitrogens with two attached hydrogens (primary N) is 1. The van der Waals surface area contributed by atoms with Gasteiger partial charge in [0.25, 0.3) is 0 Å². The van der Waals surface area contributed by atoms with Gasteiger partial charge in [-0.2, -0.15) is 0 Å². The Morgan fingerprint density at radius 2 is 1.95 bits per heavy atom. The standard InChI is InChI=1S/C15H24N4O2/c1-17(2)5-6-18-7-9-19(10-8-18)12-3-4-13(15(20)21)14(16)11-12/h3-4,11H,5-10,16H2,1-2H3,(H,20,21). The molecule has 1 aromatic carbocycles. The first-order valence-corrected chi connectivity index (χ1v) is 7.22. The van der Waals surface area contributed by atoms with E-state index in [4.69, 9.17) is 10.8 Å². The number of nitrogen functional groups attached to an aromatic ring is 1. The zero-order valence-electron chi connectivity index (χ0n) is 12.7. The summed E-state index contributed by atoms with van der Waals surface area (Å²) in [5.74, 6) is -0.979. The molecular formula is C15H24N4O2. The number of benzene rings is 1. The van der Waals surface area contributed by atoms with E-state index in [0.29, 0.717) is 5.69 Å². The van der Waals surface area contributed by atoms with Crippen LogP contribution in [0.4, 0.5) is 11.4 Å². The van der Waals surface area contributed by atoms with Crippen molar-refractivity contribution in [3.8, 4) is 0 Å². The fourth-order valence-electron chi connectivity index (χ4n) is 2.51.